The fraction of sp³-hybridized carbons (Fsp3) is 0.267. The first-order valence-corrected chi connectivity index (χ1v) is 6.00. The van der Waals surface area contributed by atoms with Crippen LogP contribution in [0.2, 0.25) is 0 Å². The summed E-state index contributed by atoms with van der Waals surface area (Å²) in [4.78, 5) is 11.7. The zero-order valence-corrected chi connectivity index (χ0v) is 10.6. The molecule has 18 heavy (non-hydrogen) atoms. The molecule has 0 saturated carbocycles. The zero-order valence-electron chi connectivity index (χ0n) is 10.6. The Morgan fingerprint density at radius 1 is 1.22 bits per heavy atom. The van der Waals surface area contributed by atoms with Crippen LogP contribution >= 0.6 is 0 Å². The van der Waals surface area contributed by atoms with Gasteiger partial charge in [0.25, 0.3) is 0 Å². The second-order valence-electron chi connectivity index (χ2n) is 4.04. The molecule has 96 valence electrons. The normalized spacial score (nSPS) is 11.2. The van der Waals surface area contributed by atoms with E-state index < -0.39 is 6.09 Å². The average Bonchev–Trinajstić information content (AvgIpc) is 2.38. The molecule has 0 heterocycles. The molecule has 0 saturated heterocycles. The Morgan fingerprint density at radius 2 is 1.89 bits per heavy atom. The van der Waals surface area contributed by atoms with Crippen molar-refractivity contribution in [2.45, 2.75) is 12.8 Å². The van der Waals surface area contributed by atoms with E-state index in [1.807, 2.05) is 36.4 Å². The summed E-state index contributed by atoms with van der Waals surface area (Å²) in [6.45, 7) is 0.415. The van der Waals surface area contributed by atoms with Crippen LogP contribution in [-0.2, 0) is 6.42 Å². The zero-order chi connectivity index (χ0) is 13.2. The smallest absolute Gasteiger partial charge is 0.407 e. The second kappa shape index (κ2) is 8.12. The molecule has 0 radical (unpaired) electrons. The number of hydrogen-bond donors (Lipinski definition) is 1. The van der Waals surface area contributed by atoms with Crippen LogP contribution in [0.25, 0.3) is 0 Å². The first-order chi connectivity index (χ1) is 8.70. The third-order valence-electron chi connectivity index (χ3n) is 2.53. The molecule has 0 bridgehead atoms. The van der Waals surface area contributed by atoms with Gasteiger partial charge in [-0.1, -0.05) is 54.6 Å². The maximum atomic E-state index is 10.5. The lowest BCUT2D eigenvalue weighted by atomic mass is 10.1. The van der Waals surface area contributed by atoms with E-state index in [0.29, 0.717) is 6.54 Å². The highest BCUT2D eigenvalue weighted by Gasteiger charge is 1.99. The number of nitrogens with zero attached hydrogens (tertiary/aromatic N) is 1. The lowest BCUT2D eigenvalue weighted by molar-refractivity contribution is 0.160. The summed E-state index contributed by atoms with van der Waals surface area (Å²) in [6, 6.07) is 10.3. The Bertz CT molecular complexity index is 410. The summed E-state index contributed by atoms with van der Waals surface area (Å²) in [6.07, 6.45) is 8.86. The highest BCUT2D eigenvalue weighted by Crippen LogP contribution is 2.02. The molecule has 0 aliphatic carbocycles. The van der Waals surface area contributed by atoms with E-state index in [4.69, 9.17) is 5.11 Å². The predicted octanol–water partition coefficient (Wildman–Crippen LogP) is 3.34. The molecule has 1 rings (SSSR count). The Kier molecular flexibility index (Phi) is 6.33. The Morgan fingerprint density at radius 3 is 2.56 bits per heavy atom. The van der Waals surface area contributed by atoms with Crippen LogP contribution in [0.15, 0.2) is 54.6 Å². The predicted molar refractivity (Wildman–Crippen MR) is 73.7 cm³/mol. The number of carboxylic acid groups (broad SMARTS) is 1. The van der Waals surface area contributed by atoms with Crippen molar-refractivity contribution in [1.82, 2.24) is 4.90 Å². The summed E-state index contributed by atoms with van der Waals surface area (Å²) in [5.74, 6) is 0. The molecule has 0 spiro atoms. The van der Waals surface area contributed by atoms with Crippen molar-refractivity contribution in [3.63, 3.8) is 0 Å². The summed E-state index contributed by atoms with van der Waals surface area (Å²) in [7, 11) is 1.55. The van der Waals surface area contributed by atoms with Gasteiger partial charge in [-0.15, -0.1) is 0 Å². The third-order valence-corrected chi connectivity index (χ3v) is 2.53. The quantitative estimate of drug-likeness (QED) is 0.781. The molecule has 3 heteroatoms. The number of aryl methyl sites for hydroxylation is 1. The molecule has 3 nitrogen and oxygen atoms in total. The fourth-order valence-electron chi connectivity index (χ4n) is 1.45. The van der Waals surface area contributed by atoms with Crippen LogP contribution in [-0.4, -0.2) is 29.7 Å². The lowest BCUT2D eigenvalue weighted by Gasteiger charge is -2.08. The summed E-state index contributed by atoms with van der Waals surface area (Å²) in [5.41, 5.74) is 1.33. The van der Waals surface area contributed by atoms with Gasteiger partial charge >= 0.3 is 6.09 Å². The van der Waals surface area contributed by atoms with Gasteiger partial charge in [-0.3, -0.25) is 0 Å². The van der Waals surface area contributed by atoms with E-state index in [-0.39, 0.29) is 0 Å². The van der Waals surface area contributed by atoms with Gasteiger partial charge in [0, 0.05) is 13.6 Å². The van der Waals surface area contributed by atoms with Crippen molar-refractivity contribution in [2.75, 3.05) is 13.6 Å². The molecule has 1 amide bonds. The molecule has 0 fully saturated rings. The van der Waals surface area contributed by atoms with Crippen LogP contribution in [0, 0.1) is 0 Å². The first-order valence-electron chi connectivity index (χ1n) is 6.00. The van der Waals surface area contributed by atoms with E-state index in [1.54, 1.807) is 7.05 Å². The van der Waals surface area contributed by atoms with Crippen LogP contribution < -0.4 is 0 Å². The molecule has 0 aliphatic heterocycles. The minimum Gasteiger partial charge on any atom is -0.465 e. The van der Waals surface area contributed by atoms with Crippen molar-refractivity contribution in [1.29, 1.82) is 0 Å². The fourth-order valence-corrected chi connectivity index (χ4v) is 1.45. The van der Waals surface area contributed by atoms with Gasteiger partial charge in [-0.2, -0.15) is 0 Å². The molecule has 1 aromatic rings. The Hall–Kier alpha value is -2.03. The van der Waals surface area contributed by atoms with Crippen LogP contribution in [0.1, 0.15) is 12.0 Å². The minimum atomic E-state index is -0.910. The number of allylic oxidation sites excluding steroid dienone is 3. The number of likely N-dealkylation sites (N-methyl/N-ethyl adjacent to an activating group) is 1. The monoisotopic (exact) mass is 245 g/mol. The summed E-state index contributed by atoms with van der Waals surface area (Å²) >= 11 is 0. The largest absolute Gasteiger partial charge is 0.465 e. The average molecular weight is 245 g/mol. The first kappa shape index (κ1) is 14.0. The molecule has 1 N–H and O–H groups in total. The number of carbonyl (C=O) groups is 1. The Labute approximate surface area is 108 Å². The van der Waals surface area contributed by atoms with Crippen molar-refractivity contribution in [3.05, 3.63) is 60.2 Å². The van der Waals surface area contributed by atoms with Gasteiger partial charge < -0.3 is 10.0 Å². The number of amides is 1. The topological polar surface area (TPSA) is 40.5 Å². The SMILES string of the molecule is CN(CC=CC=CCCc1ccccc1)C(=O)O. The molecule has 0 aromatic heterocycles. The van der Waals surface area contributed by atoms with Crippen molar-refractivity contribution in [2.24, 2.45) is 0 Å². The van der Waals surface area contributed by atoms with E-state index in [0.717, 1.165) is 12.8 Å². The maximum absolute atomic E-state index is 10.5. The van der Waals surface area contributed by atoms with E-state index in [9.17, 15) is 4.79 Å². The molecule has 0 atom stereocenters. The van der Waals surface area contributed by atoms with Crippen LogP contribution in [0.5, 0.6) is 0 Å². The Balaban J connectivity index is 2.18. The van der Waals surface area contributed by atoms with Crippen molar-refractivity contribution in [3.8, 4) is 0 Å². The number of rotatable bonds is 6. The molecule has 1 aromatic carbocycles. The van der Waals surface area contributed by atoms with Gasteiger partial charge in [0.2, 0.25) is 0 Å². The summed E-state index contributed by atoms with van der Waals surface area (Å²) < 4.78 is 0. The van der Waals surface area contributed by atoms with Gasteiger partial charge in [-0.05, 0) is 18.4 Å². The highest BCUT2D eigenvalue weighted by atomic mass is 16.4. The van der Waals surface area contributed by atoms with Gasteiger partial charge in [-0.25, -0.2) is 4.79 Å². The second-order valence-corrected chi connectivity index (χ2v) is 4.04. The van der Waals surface area contributed by atoms with Gasteiger partial charge in [0.15, 0.2) is 0 Å². The number of benzene rings is 1. The third kappa shape index (κ3) is 5.89. The molecular formula is C15H19NO2. The standard InChI is InChI=1S/C15H19NO2/c1-16(15(17)18)13-9-4-2-3-6-10-14-11-7-5-8-12-14/h2-5,7-9,11-12H,6,10,13H2,1H3,(H,17,18). The molecule has 0 aliphatic rings. The highest BCUT2D eigenvalue weighted by molar-refractivity contribution is 5.64. The van der Waals surface area contributed by atoms with E-state index in [2.05, 4.69) is 18.2 Å². The van der Waals surface area contributed by atoms with E-state index in [1.165, 1.54) is 10.5 Å². The maximum Gasteiger partial charge on any atom is 0.407 e. The molecular weight excluding hydrogens is 226 g/mol. The van der Waals surface area contributed by atoms with Crippen LogP contribution in [0.3, 0.4) is 0 Å². The summed E-state index contributed by atoms with van der Waals surface area (Å²) in [5, 5.41) is 8.62. The van der Waals surface area contributed by atoms with E-state index >= 15 is 0 Å². The van der Waals surface area contributed by atoms with Gasteiger partial charge in [0.1, 0.15) is 0 Å². The lowest BCUT2D eigenvalue weighted by Crippen LogP contribution is -2.24. The minimum absolute atomic E-state index is 0.415. The van der Waals surface area contributed by atoms with Crippen molar-refractivity contribution >= 4 is 6.09 Å². The van der Waals surface area contributed by atoms with Gasteiger partial charge in [0.05, 0.1) is 0 Å². The molecule has 0 unspecified atom stereocenters. The van der Waals surface area contributed by atoms with Crippen LogP contribution in [0.4, 0.5) is 4.79 Å². The number of hydrogen-bond acceptors (Lipinski definition) is 1. The van der Waals surface area contributed by atoms with Crippen molar-refractivity contribution < 1.29 is 9.90 Å².